The van der Waals surface area contributed by atoms with Gasteiger partial charge in [0.1, 0.15) is 0 Å². The van der Waals surface area contributed by atoms with Gasteiger partial charge in [-0.05, 0) is 24.8 Å². The van der Waals surface area contributed by atoms with Crippen LogP contribution in [0.25, 0.3) is 0 Å². The number of nitrogens with two attached hydrogens (primary N) is 1. The third kappa shape index (κ3) is 1.40. The lowest BCUT2D eigenvalue weighted by Crippen LogP contribution is -1.78. The minimum Gasteiger partial charge on any atom is -0.390 e. The zero-order chi connectivity index (χ0) is 6.85. The molecule has 0 spiro atoms. The third-order valence-corrected chi connectivity index (χ3v) is 3.27. The lowest BCUT2D eigenvalue weighted by molar-refractivity contribution is 1.51. The van der Waals surface area contributed by atoms with E-state index in [1.165, 1.54) is 9.77 Å². The van der Waals surface area contributed by atoms with Gasteiger partial charge in [0.05, 0.1) is 9.21 Å². The fourth-order valence-electron chi connectivity index (χ4n) is 0.567. The minimum absolute atomic E-state index is 0.944. The quantitative estimate of drug-likeness (QED) is 0.637. The predicted octanol–water partition coefficient (Wildman–Crippen LogP) is 2.36. The molecule has 3 heteroatoms. The van der Waals surface area contributed by atoms with Crippen LogP contribution in [0, 0.1) is 6.92 Å². The van der Waals surface area contributed by atoms with Gasteiger partial charge in [-0.1, -0.05) is 0 Å². The zero-order valence-electron chi connectivity index (χ0n) is 5.47. The van der Waals surface area contributed by atoms with Gasteiger partial charge in [-0.15, -0.1) is 23.1 Å². The van der Waals surface area contributed by atoms with Gasteiger partial charge in [0.2, 0.25) is 0 Å². The first-order chi connectivity index (χ1) is 4.24. The summed E-state index contributed by atoms with van der Waals surface area (Å²) in [5.41, 5.74) is 6.82. The van der Waals surface area contributed by atoms with Crippen LogP contribution >= 0.6 is 23.1 Å². The molecule has 1 rings (SSSR count). The van der Waals surface area contributed by atoms with Crippen molar-refractivity contribution in [1.82, 2.24) is 0 Å². The maximum Gasteiger partial charge on any atom is 0.0897 e. The van der Waals surface area contributed by atoms with E-state index in [0.29, 0.717) is 0 Å². The number of nitrogen functional groups attached to an aromatic ring is 1. The smallest absolute Gasteiger partial charge is 0.0897 e. The van der Waals surface area contributed by atoms with Crippen LogP contribution in [0.5, 0.6) is 0 Å². The second-order valence-corrected chi connectivity index (χ2v) is 4.01. The molecule has 1 aromatic rings. The number of aryl methyl sites for hydroxylation is 1. The summed E-state index contributed by atoms with van der Waals surface area (Å²) in [6, 6.07) is 2.12. The van der Waals surface area contributed by atoms with E-state index >= 15 is 0 Å². The van der Waals surface area contributed by atoms with Crippen LogP contribution < -0.4 is 5.73 Å². The van der Waals surface area contributed by atoms with E-state index < -0.39 is 0 Å². The molecule has 0 amide bonds. The molecule has 1 aromatic heterocycles. The Kier molecular flexibility index (Phi) is 2.03. The first kappa shape index (κ1) is 6.96. The summed E-state index contributed by atoms with van der Waals surface area (Å²) >= 11 is 3.40. The second-order valence-electron chi connectivity index (χ2n) is 1.82. The number of thioether (sulfide) groups is 1. The summed E-state index contributed by atoms with van der Waals surface area (Å²) in [6.45, 7) is 2.03. The summed E-state index contributed by atoms with van der Waals surface area (Å²) in [7, 11) is 0. The van der Waals surface area contributed by atoms with Gasteiger partial charge in [0, 0.05) is 0 Å². The topological polar surface area (TPSA) is 26.0 Å². The second kappa shape index (κ2) is 2.62. The van der Waals surface area contributed by atoms with Gasteiger partial charge in [-0.3, -0.25) is 0 Å². The van der Waals surface area contributed by atoms with Gasteiger partial charge >= 0.3 is 0 Å². The summed E-state index contributed by atoms with van der Waals surface area (Å²) in [6.07, 6.45) is 2.06. The molecule has 50 valence electrons. The van der Waals surface area contributed by atoms with Gasteiger partial charge in [0.15, 0.2) is 0 Å². The normalized spacial score (nSPS) is 10.0. The molecule has 0 aliphatic rings. The molecule has 0 saturated heterocycles. The average Bonchev–Trinajstić information content (AvgIpc) is 2.13. The molecule has 0 aromatic carbocycles. The Morgan fingerprint density at radius 2 is 2.33 bits per heavy atom. The molecule has 2 N–H and O–H groups in total. The number of thiophene rings is 1. The van der Waals surface area contributed by atoms with Crippen LogP contribution in [0.3, 0.4) is 0 Å². The van der Waals surface area contributed by atoms with Crippen molar-refractivity contribution in [2.24, 2.45) is 0 Å². The van der Waals surface area contributed by atoms with Crippen molar-refractivity contribution in [2.75, 3.05) is 12.0 Å². The largest absolute Gasteiger partial charge is 0.390 e. The van der Waals surface area contributed by atoms with E-state index in [2.05, 4.69) is 12.3 Å². The van der Waals surface area contributed by atoms with Crippen molar-refractivity contribution in [3.63, 3.8) is 0 Å². The highest BCUT2D eigenvalue weighted by Gasteiger charge is 1.98. The number of anilines is 1. The Bertz CT molecular complexity index is 185. The number of hydrogen-bond donors (Lipinski definition) is 1. The van der Waals surface area contributed by atoms with Crippen molar-refractivity contribution in [2.45, 2.75) is 11.1 Å². The highest BCUT2D eigenvalue weighted by atomic mass is 32.2. The first-order valence-corrected chi connectivity index (χ1v) is 4.68. The van der Waals surface area contributed by atoms with Crippen LogP contribution in [-0.2, 0) is 0 Å². The maximum absolute atomic E-state index is 5.62. The number of hydrogen-bond acceptors (Lipinski definition) is 3. The Morgan fingerprint density at radius 3 is 2.56 bits per heavy atom. The van der Waals surface area contributed by atoms with Crippen LogP contribution in [-0.4, -0.2) is 6.26 Å². The molecule has 9 heavy (non-hydrogen) atoms. The average molecular weight is 159 g/mol. The molecule has 0 atom stereocenters. The standard InChI is InChI=1S/C6H9NS2/c1-4-3-5(8-2)9-6(4)7/h3H,7H2,1-2H3. The molecule has 1 nitrogen and oxygen atoms in total. The Balaban J connectivity index is 2.98. The molecular formula is C6H9NS2. The summed E-state index contributed by atoms with van der Waals surface area (Å²) in [4.78, 5) is 0. The van der Waals surface area contributed by atoms with Crippen molar-refractivity contribution in [1.29, 1.82) is 0 Å². The SMILES string of the molecule is CSc1cc(C)c(N)s1. The van der Waals surface area contributed by atoms with E-state index in [1.807, 2.05) is 6.92 Å². The zero-order valence-corrected chi connectivity index (χ0v) is 7.10. The van der Waals surface area contributed by atoms with E-state index in [9.17, 15) is 0 Å². The molecule has 0 unspecified atom stereocenters. The van der Waals surface area contributed by atoms with E-state index in [4.69, 9.17) is 5.73 Å². The van der Waals surface area contributed by atoms with Gasteiger partial charge < -0.3 is 5.73 Å². The van der Waals surface area contributed by atoms with Crippen LogP contribution in [0.15, 0.2) is 10.3 Å². The lowest BCUT2D eigenvalue weighted by atomic mass is 10.4. The van der Waals surface area contributed by atoms with E-state index in [1.54, 1.807) is 23.1 Å². The third-order valence-electron chi connectivity index (χ3n) is 1.13. The van der Waals surface area contributed by atoms with Crippen molar-refractivity contribution >= 4 is 28.1 Å². The molecular weight excluding hydrogens is 150 g/mol. The molecule has 0 aliphatic heterocycles. The molecule has 0 fully saturated rings. The highest BCUT2D eigenvalue weighted by Crippen LogP contribution is 2.30. The minimum atomic E-state index is 0.944. The monoisotopic (exact) mass is 159 g/mol. The molecule has 1 heterocycles. The van der Waals surface area contributed by atoms with Crippen LogP contribution in [0.2, 0.25) is 0 Å². The van der Waals surface area contributed by atoms with Crippen LogP contribution in [0.1, 0.15) is 5.56 Å². The first-order valence-electron chi connectivity index (χ1n) is 2.64. The summed E-state index contributed by atoms with van der Waals surface area (Å²) in [5, 5.41) is 0.944. The summed E-state index contributed by atoms with van der Waals surface area (Å²) in [5.74, 6) is 0. The van der Waals surface area contributed by atoms with Gasteiger partial charge in [0.25, 0.3) is 0 Å². The fourth-order valence-corrected chi connectivity index (χ4v) is 2.14. The van der Waals surface area contributed by atoms with Crippen molar-refractivity contribution in [3.8, 4) is 0 Å². The van der Waals surface area contributed by atoms with Crippen molar-refractivity contribution in [3.05, 3.63) is 11.6 Å². The Hall–Kier alpha value is -0.150. The maximum atomic E-state index is 5.62. The number of rotatable bonds is 1. The Morgan fingerprint density at radius 1 is 1.67 bits per heavy atom. The van der Waals surface area contributed by atoms with Gasteiger partial charge in [-0.25, -0.2) is 0 Å². The van der Waals surface area contributed by atoms with E-state index in [-0.39, 0.29) is 0 Å². The van der Waals surface area contributed by atoms with E-state index in [0.717, 1.165) is 5.00 Å². The predicted molar refractivity (Wildman–Crippen MR) is 45.2 cm³/mol. The molecule has 0 aliphatic carbocycles. The fraction of sp³-hybridized carbons (Fsp3) is 0.333. The molecule has 0 radical (unpaired) electrons. The van der Waals surface area contributed by atoms with Crippen LogP contribution in [0.4, 0.5) is 5.00 Å². The van der Waals surface area contributed by atoms with Crippen molar-refractivity contribution < 1.29 is 0 Å². The lowest BCUT2D eigenvalue weighted by Gasteiger charge is -1.81. The Labute approximate surface area is 63.3 Å². The van der Waals surface area contributed by atoms with Gasteiger partial charge in [-0.2, -0.15) is 0 Å². The molecule has 0 bridgehead atoms. The molecule has 0 saturated carbocycles. The summed E-state index contributed by atoms with van der Waals surface area (Å²) < 4.78 is 1.30. The highest BCUT2D eigenvalue weighted by molar-refractivity contribution is 8.00.